The summed E-state index contributed by atoms with van der Waals surface area (Å²) < 4.78 is 34.0. The lowest BCUT2D eigenvalue weighted by molar-refractivity contribution is -0.228. The Labute approximate surface area is 82.3 Å². The number of alkyl halides is 1. The van der Waals surface area contributed by atoms with E-state index < -0.39 is 24.9 Å². The van der Waals surface area contributed by atoms with Crippen molar-refractivity contribution in [2.75, 3.05) is 13.8 Å². The number of hydrogen-bond donors (Lipinski definition) is 0. The topological polar surface area (TPSA) is 36.9 Å². The average Bonchev–Trinajstić information content (AvgIpc) is 2.57. The van der Waals surface area contributed by atoms with Crippen LogP contribution in [0.5, 0.6) is 0 Å². The molecule has 0 aromatic carbocycles. The first-order chi connectivity index (χ1) is 6.57. The highest BCUT2D eigenvalue weighted by Crippen LogP contribution is 2.38. The van der Waals surface area contributed by atoms with Gasteiger partial charge in [0, 0.05) is 7.11 Å². The van der Waals surface area contributed by atoms with Crippen LogP contribution < -0.4 is 0 Å². The van der Waals surface area contributed by atoms with E-state index >= 15 is 0 Å². The van der Waals surface area contributed by atoms with E-state index in [1.54, 1.807) is 13.8 Å². The van der Waals surface area contributed by atoms with Gasteiger partial charge in [-0.3, -0.25) is 0 Å². The Bertz CT molecular complexity index is 201. The molecule has 0 aromatic heterocycles. The summed E-state index contributed by atoms with van der Waals surface area (Å²) in [6.07, 6.45) is -1.79. The van der Waals surface area contributed by atoms with Crippen LogP contribution in [0.25, 0.3) is 0 Å². The number of methoxy groups -OCH3 is 1. The third kappa shape index (κ3) is 1.54. The van der Waals surface area contributed by atoms with E-state index in [4.69, 9.17) is 18.9 Å². The molecule has 14 heavy (non-hydrogen) atoms. The van der Waals surface area contributed by atoms with Crippen LogP contribution in [0.15, 0.2) is 0 Å². The molecular formula is C9H15FO4. The molecule has 0 bridgehead atoms. The molecule has 0 aliphatic carbocycles. The van der Waals surface area contributed by atoms with Crippen molar-refractivity contribution >= 4 is 0 Å². The van der Waals surface area contributed by atoms with Crippen LogP contribution in [-0.4, -0.2) is 44.2 Å². The van der Waals surface area contributed by atoms with Crippen molar-refractivity contribution in [3.05, 3.63) is 0 Å². The number of hydrogen-bond acceptors (Lipinski definition) is 4. The highest BCUT2D eigenvalue weighted by atomic mass is 19.1. The highest BCUT2D eigenvalue weighted by Gasteiger charge is 2.55. The van der Waals surface area contributed by atoms with Crippen LogP contribution in [0.3, 0.4) is 0 Å². The molecule has 1 unspecified atom stereocenters. The second-order valence-corrected chi connectivity index (χ2v) is 4.00. The molecule has 2 rings (SSSR count). The fourth-order valence-electron chi connectivity index (χ4n) is 1.96. The van der Waals surface area contributed by atoms with Crippen LogP contribution in [0.1, 0.15) is 13.8 Å². The van der Waals surface area contributed by atoms with Crippen molar-refractivity contribution in [1.29, 1.82) is 0 Å². The van der Waals surface area contributed by atoms with E-state index in [1.807, 2.05) is 0 Å². The zero-order valence-electron chi connectivity index (χ0n) is 8.53. The van der Waals surface area contributed by atoms with Crippen molar-refractivity contribution in [3.63, 3.8) is 0 Å². The maximum absolute atomic E-state index is 12.6. The largest absolute Gasteiger partial charge is 0.353 e. The smallest absolute Gasteiger partial charge is 0.186 e. The molecule has 4 atom stereocenters. The normalized spacial score (nSPS) is 45.4. The van der Waals surface area contributed by atoms with Gasteiger partial charge in [-0.1, -0.05) is 0 Å². The molecule has 4 nitrogen and oxygen atoms in total. The predicted molar refractivity (Wildman–Crippen MR) is 45.5 cm³/mol. The molecule has 0 aromatic rings. The van der Waals surface area contributed by atoms with Crippen LogP contribution in [0, 0.1) is 0 Å². The van der Waals surface area contributed by atoms with Gasteiger partial charge in [0.25, 0.3) is 0 Å². The minimum Gasteiger partial charge on any atom is -0.353 e. The molecule has 0 N–H and O–H groups in total. The summed E-state index contributed by atoms with van der Waals surface area (Å²) in [5, 5.41) is 0. The average molecular weight is 206 g/mol. The molecule has 0 radical (unpaired) electrons. The first-order valence-electron chi connectivity index (χ1n) is 4.67. The zero-order valence-corrected chi connectivity index (χ0v) is 8.53. The van der Waals surface area contributed by atoms with Crippen molar-refractivity contribution in [1.82, 2.24) is 0 Å². The second kappa shape index (κ2) is 3.41. The molecule has 0 amide bonds. The Balaban J connectivity index is 2.12. The Hall–Kier alpha value is -0.230. The molecule has 2 fully saturated rings. The molecule has 82 valence electrons. The van der Waals surface area contributed by atoms with Gasteiger partial charge in [-0.05, 0) is 13.8 Å². The van der Waals surface area contributed by atoms with Crippen LogP contribution in [0.4, 0.5) is 4.39 Å². The number of rotatable bonds is 2. The molecule has 2 saturated heterocycles. The van der Waals surface area contributed by atoms with E-state index in [0.717, 1.165) is 0 Å². The first kappa shape index (κ1) is 10.3. The van der Waals surface area contributed by atoms with Gasteiger partial charge in [-0.25, -0.2) is 4.39 Å². The molecule has 5 heteroatoms. The highest BCUT2D eigenvalue weighted by molar-refractivity contribution is 4.94. The fourth-order valence-corrected chi connectivity index (χ4v) is 1.96. The van der Waals surface area contributed by atoms with Gasteiger partial charge in [-0.2, -0.15) is 0 Å². The second-order valence-electron chi connectivity index (χ2n) is 4.00. The predicted octanol–water partition coefficient (Wildman–Crippen LogP) is 0.847. The minimum atomic E-state index is -0.677. The van der Waals surface area contributed by atoms with Crippen LogP contribution in [-0.2, 0) is 18.9 Å². The van der Waals surface area contributed by atoms with E-state index in [1.165, 1.54) is 7.11 Å². The van der Waals surface area contributed by atoms with Gasteiger partial charge in [0.05, 0.1) is 0 Å². The summed E-state index contributed by atoms with van der Waals surface area (Å²) in [7, 11) is 1.51. The summed E-state index contributed by atoms with van der Waals surface area (Å²) in [4.78, 5) is 0. The molecule has 2 aliphatic heterocycles. The Morgan fingerprint density at radius 2 is 1.93 bits per heavy atom. The van der Waals surface area contributed by atoms with Gasteiger partial charge in [0.1, 0.15) is 25.0 Å². The Morgan fingerprint density at radius 3 is 2.50 bits per heavy atom. The van der Waals surface area contributed by atoms with Crippen molar-refractivity contribution in [3.8, 4) is 0 Å². The van der Waals surface area contributed by atoms with Gasteiger partial charge >= 0.3 is 0 Å². The molecule has 0 saturated carbocycles. The molecular weight excluding hydrogens is 191 g/mol. The van der Waals surface area contributed by atoms with Crippen LogP contribution >= 0.6 is 0 Å². The third-order valence-corrected chi connectivity index (χ3v) is 2.49. The maximum atomic E-state index is 12.6. The molecule has 0 spiro atoms. The summed E-state index contributed by atoms with van der Waals surface area (Å²) in [6.45, 7) is 3.02. The van der Waals surface area contributed by atoms with Gasteiger partial charge < -0.3 is 18.9 Å². The maximum Gasteiger partial charge on any atom is 0.186 e. The molecule has 2 aliphatic rings. The lowest BCUT2D eigenvalue weighted by atomic mass is 10.1. The number of ether oxygens (including phenoxy) is 4. The monoisotopic (exact) mass is 206 g/mol. The SMILES string of the molecule is COC1O[C@H](CF)[C@@H]2OC(C)(C)O[C@@H]12. The van der Waals surface area contributed by atoms with E-state index in [0.29, 0.717) is 0 Å². The lowest BCUT2D eigenvalue weighted by Gasteiger charge is -2.22. The van der Waals surface area contributed by atoms with E-state index in [9.17, 15) is 4.39 Å². The van der Waals surface area contributed by atoms with Crippen LogP contribution in [0.2, 0.25) is 0 Å². The molecule has 2 heterocycles. The quantitative estimate of drug-likeness (QED) is 0.671. The number of fused-ring (bicyclic) bond motifs is 1. The number of halogens is 1. The standard InChI is InChI=1S/C9H15FO4/c1-9(2)13-6-5(4-10)12-8(11-3)7(6)14-9/h5-8H,4H2,1-3H3/t5-,6+,7-,8?/m1/s1. The Morgan fingerprint density at radius 1 is 1.29 bits per heavy atom. The summed E-state index contributed by atoms with van der Waals surface area (Å²) in [6, 6.07) is 0. The Kier molecular flexibility index (Phi) is 2.51. The lowest BCUT2D eigenvalue weighted by Crippen LogP contribution is -2.31. The minimum absolute atomic E-state index is 0.323. The summed E-state index contributed by atoms with van der Waals surface area (Å²) in [5.74, 6) is -0.677. The first-order valence-corrected chi connectivity index (χ1v) is 4.67. The zero-order chi connectivity index (χ0) is 10.3. The van der Waals surface area contributed by atoms with Crippen molar-refractivity contribution in [2.24, 2.45) is 0 Å². The fraction of sp³-hybridized carbons (Fsp3) is 1.00. The van der Waals surface area contributed by atoms with Gasteiger partial charge in [0.2, 0.25) is 0 Å². The van der Waals surface area contributed by atoms with Crippen molar-refractivity contribution < 1.29 is 23.3 Å². The van der Waals surface area contributed by atoms with E-state index in [2.05, 4.69) is 0 Å². The summed E-state index contributed by atoms with van der Waals surface area (Å²) >= 11 is 0. The van der Waals surface area contributed by atoms with Crippen molar-refractivity contribution in [2.45, 2.75) is 44.2 Å². The van der Waals surface area contributed by atoms with Gasteiger partial charge in [0.15, 0.2) is 12.1 Å². The van der Waals surface area contributed by atoms with E-state index in [-0.39, 0.29) is 12.2 Å². The third-order valence-electron chi connectivity index (χ3n) is 2.49. The summed E-state index contributed by atoms with van der Waals surface area (Å²) in [5.41, 5.74) is 0. The van der Waals surface area contributed by atoms with Gasteiger partial charge in [-0.15, -0.1) is 0 Å².